The SMILES string of the molecule is N#Cc1cnc(NCCc2ccc(N)cc2)c([N+](=O)[O-])c1. The molecule has 0 amide bonds. The zero-order valence-electron chi connectivity index (χ0n) is 11.1. The van der Waals surface area contributed by atoms with Gasteiger partial charge in [-0.2, -0.15) is 5.26 Å². The van der Waals surface area contributed by atoms with E-state index in [1.807, 2.05) is 18.2 Å². The number of hydrogen-bond acceptors (Lipinski definition) is 6. The lowest BCUT2D eigenvalue weighted by atomic mass is 10.1. The molecule has 2 rings (SSSR count). The van der Waals surface area contributed by atoms with Crippen LogP contribution in [0.15, 0.2) is 36.5 Å². The van der Waals surface area contributed by atoms with E-state index in [4.69, 9.17) is 11.0 Å². The van der Waals surface area contributed by atoms with Crippen LogP contribution in [0.1, 0.15) is 11.1 Å². The van der Waals surface area contributed by atoms with Gasteiger partial charge in [-0.15, -0.1) is 0 Å². The van der Waals surface area contributed by atoms with Gasteiger partial charge in [-0.3, -0.25) is 10.1 Å². The smallest absolute Gasteiger partial charge is 0.312 e. The van der Waals surface area contributed by atoms with E-state index in [1.165, 1.54) is 12.3 Å². The first-order chi connectivity index (χ1) is 10.1. The topological polar surface area (TPSA) is 118 Å². The van der Waals surface area contributed by atoms with Crippen molar-refractivity contribution in [3.63, 3.8) is 0 Å². The summed E-state index contributed by atoms with van der Waals surface area (Å²) in [6.07, 6.45) is 1.98. The first-order valence-corrected chi connectivity index (χ1v) is 6.23. The minimum absolute atomic E-state index is 0.158. The van der Waals surface area contributed by atoms with Gasteiger partial charge in [0.1, 0.15) is 6.07 Å². The fraction of sp³-hybridized carbons (Fsp3) is 0.143. The fourth-order valence-corrected chi connectivity index (χ4v) is 1.80. The zero-order chi connectivity index (χ0) is 15.2. The largest absolute Gasteiger partial charge is 0.399 e. The number of rotatable bonds is 5. The molecule has 3 N–H and O–H groups in total. The Kier molecular flexibility index (Phi) is 4.31. The molecule has 106 valence electrons. The third kappa shape index (κ3) is 3.67. The molecule has 7 nitrogen and oxygen atoms in total. The molecule has 2 aromatic rings. The van der Waals surface area contributed by atoms with Gasteiger partial charge in [0.2, 0.25) is 5.82 Å². The van der Waals surface area contributed by atoms with Crippen molar-refractivity contribution < 1.29 is 4.92 Å². The number of anilines is 2. The summed E-state index contributed by atoms with van der Waals surface area (Å²) >= 11 is 0. The highest BCUT2D eigenvalue weighted by Gasteiger charge is 2.15. The highest BCUT2D eigenvalue weighted by atomic mass is 16.6. The Balaban J connectivity index is 2.04. The van der Waals surface area contributed by atoms with Crippen LogP contribution in [0.4, 0.5) is 17.2 Å². The Labute approximate surface area is 121 Å². The predicted octanol–water partition coefficient (Wildman–Crippen LogP) is 2.10. The zero-order valence-corrected chi connectivity index (χ0v) is 11.1. The summed E-state index contributed by atoms with van der Waals surface area (Å²) in [6, 6.07) is 10.4. The number of pyridine rings is 1. The molecule has 0 atom stereocenters. The first-order valence-electron chi connectivity index (χ1n) is 6.23. The predicted molar refractivity (Wildman–Crippen MR) is 78.7 cm³/mol. The molecule has 0 saturated carbocycles. The average molecular weight is 283 g/mol. The van der Waals surface area contributed by atoms with E-state index < -0.39 is 4.92 Å². The van der Waals surface area contributed by atoms with Crippen LogP contribution in [-0.2, 0) is 6.42 Å². The molecule has 1 aromatic carbocycles. The summed E-state index contributed by atoms with van der Waals surface area (Å²) in [6.45, 7) is 0.490. The molecular formula is C14H13N5O2. The van der Waals surface area contributed by atoms with E-state index in [1.54, 1.807) is 12.1 Å². The van der Waals surface area contributed by atoms with Crippen LogP contribution in [0.25, 0.3) is 0 Å². The second-order valence-electron chi connectivity index (χ2n) is 4.38. The van der Waals surface area contributed by atoms with Gasteiger partial charge < -0.3 is 11.1 Å². The fourth-order valence-electron chi connectivity index (χ4n) is 1.80. The molecule has 0 aliphatic carbocycles. The van der Waals surface area contributed by atoms with Crippen LogP contribution >= 0.6 is 0 Å². The molecule has 0 aliphatic heterocycles. The molecule has 0 fully saturated rings. The maximum Gasteiger partial charge on any atom is 0.312 e. The van der Waals surface area contributed by atoms with Gasteiger partial charge >= 0.3 is 5.69 Å². The van der Waals surface area contributed by atoms with Gasteiger partial charge in [0.05, 0.1) is 10.5 Å². The maximum atomic E-state index is 11.0. The number of nitrogen functional groups attached to an aromatic ring is 1. The van der Waals surface area contributed by atoms with Crippen molar-refractivity contribution in [1.82, 2.24) is 4.98 Å². The van der Waals surface area contributed by atoms with Gasteiger partial charge in [0.15, 0.2) is 0 Å². The molecule has 0 bridgehead atoms. The standard InChI is InChI=1S/C14H13N5O2/c15-8-11-7-13(19(20)21)14(18-9-11)17-6-5-10-1-3-12(16)4-2-10/h1-4,7,9H,5-6,16H2,(H,17,18). The van der Waals surface area contributed by atoms with Crippen LogP contribution < -0.4 is 11.1 Å². The van der Waals surface area contributed by atoms with E-state index in [9.17, 15) is 10.1 Å². The lowest BCUT2D eigenvalue weighted by molar-refractivity contribution is -0.384. The Morgan fingerprint density at radius 2 is 2.10 bits per heavy atom. The number of nitriles is 1. The van der Waals surface area contributed by atoms with E-state index in [2.05, 4.69) is 10.3 Å². The van der Waals surface area contributed by atoms with Crippen molar-refractivity contribution in [2.45, 2.75) is 6.42 Å². The van der Waals surface area contributed by atoms with Crippen molar-refractivity contribution >= 4 is 17.2 Å². The molecule has 1 heterocycles. The number of nitrogens with one attached hydrogen (secondary N) is 1. The maximum absolute atomic E-state index is 11.0. The van der Waals surface area contributed by atoms with Crippen LogP contribution in [0.2, 0.25) is 0 Å². The highest BCUT2D eigenvalue weighted by molar-refractivity contribution is 5.58. The number of benzene rings is 1. The second-order valence-corrected chi connectivity index (χ2v) is 4.38. The lowest BCUT2D eigenvalue weighted by Crippen LogP contribution is -2.08. The summed E-state index contributed by atoms with van der Waals surface area (Å²) in [7, 11) is 0. The minimum atomic E-state index is -0.556. The number of nitrogens with zero attached hydrogens (tertiary/aromatic N) is 3. The van der Waals surface area contributed by atoms with Gasteiger partial charge in [0.25, 0.3) is 0 Å². The van der Waals surface area contributed by atoms with Gasteiger partial charge in [-0.05, 0) is 24.1 Å². The number of aromatic nitrogens is 1. The van der Waals surface area contributed by atoms with Gasteiger partial charge in [0, 0.05) is 24.5 Å². The highest BCUT2D eigenvalue weighted by Crippen LogP contribution is 2.22. The normalized spacial score (nSPS) is 9.86. The Morgan fingerprint density at radius 1 is 1.38 bits per heavy atom. The van der Waals surface area contributed by atoms with Gasteiger partial charge in [-0.1, -0.05) is 12.1 Å². The number of nitro groups is 1. The third-order valence-electron chi connectivity index (χ3n) is 2.88. The first kappa shape index (κ1) is 14.3. The monoisotopic (exact) mass is 283 g/mol. The van der Waals surface area contributed by atoms with Crippen LogP contribution in [0, 0.1) is 21.4 Å². The Morgan fingerprint density at radius 3 is 2.71 bits per heavy atom. The summed E-state index contributed by atoms with van der Waals surface area (Å²) in [5.74, 6) is 0.162. The van der Waals surface area contributed by atoms with Crippen LogP contribution in [0.5, 0.6) is 0 Å². The van der Waals surface area contributed by atoms with Crippen molar-refractivity contribution in [2.24, 2.45) is 0 Å². The second kappa shape index (κ2) is 6.34. The molecular weight excluding hydrogens is 270 g/mol. The van der Waals surface area contributed by atoms with E-state index in [0.29, 0.717) is 18.7 Å². The molecule has 1 aromatic heterocycles. The summed E-state index contributed by atoms with van der Waals surface area (Å²) < 4.78 is 0. The summed E-state index contributed by atoms with van der Waals surface area (Å²) in [5, 5.41) is 22.6. The summed E-state index contributed by atoms with van der Waals surface area (Å²) in [5.41, 5.74) is 7.31. The van der Waals surface area contributed by atoms with Crippen molar-refractivity contribution in [3.8, 4) is 6.07 Å². The molecule has 0 spiro atoms. The summed E-state index contributed by atoms with van der Waals surface area (Å²) in [4.78, 5) is 14.3. The van der Waals surface area contributed by atoms with E-state index in [0.717, 1.165) is 5.56 Å². The molecule has 21 heavy (non-hydrogen) atoms. The van der Waals surface area contributed by atoms with Crippen molar-refractivity contribution in [3.05, 3.63) is 57.8 Å². The quantitative estimate of drug-likeness (QED) is 0.493. The minimum Gasteiger partial charge on any atom is -0.399 e. The van der Waals surface area contributed by atoms with E-state index >= 15 is 0 Å². The van der Waals surface area contributed by atoms with Crippen LogP contribution in [-0.4, -0.2) is 16.5 Å². The lowest BCUT2D eigenvalue weighted by Gasteiger charge is -2.06. The molecule has 0 unspecified atom stereocenters. The van der Waals surface area contributed by atoms with Gasteiger partial charge in [-0.25, -0.2) is 4.98 Å². The average Bonchev–Trinajstić information content (AvgIpc) is 2.49. The molecule has 7 heteroatoms. The van der Waals surface area contributed by atoms with Crippen molar-refractivity contribution in [2.75, 3.05) is 17.6 Å². The third-order valence-corrected chi connectivity index (χ3v) is 2.88. The molecule has 0 radical (unpaired) electrons. The number of nitrogens with two attached hydrogens (primary N) is 1. The Bertz CT molecular complexity index is 692. The molecule has 0 aliphatic rings. The van der Waals surface area contributed by atoms with Crippen LogP contribution in [0.3, 0.4) is 0 Å². The van der Waals surface area contributed by atoms with E-state index in [-0.39, 0.29) is 17.1 Å². The Hall–Kier alpha value is -3.14. The number of hydrogen-bond donors (Lipinski definition) is 2. The van der Waals surface area contributed by atoms with Crippen molar-refractivity contribution in [1.29, 1.82) is 5.26 Å². The molecule has 0 saturated heterocycles.